The number of rotatable bonds is 5. The summed E-state index contributed by atoms with van der Waals surface area (Å²) in [5, 5.41) is 8.22. The molecule has 1 N–H and O–H groups in total. The van der Waals surface area contributed by atoms with Gasteiger partial charge in [0.25, 0.3) is 0 Å². The number of carbonyl (C=O) groups is 1. The Labute approximate surface area is 72.9 Å². The Morgan fingerprint density at radius 3 is 2.50 bits per heavy atom. The molecule has 0 radical (unpaired) electrons. The van der Waals surface area contributed by atoms with Gasteiger partial charge in [-0.05, 0) is 6.42 Å². The fourth-order valence-corrected chi connectivity index (χ4v) is 0.608. The number of hydrogen-bond donors (Lipinski definition) is 1. The van der Waals surface area contributed by atoms with E-state index in [9.17, 15) is 4.79 Å². The Balaban J connectivity index is 3.56. The number of aliphatic carboxylic acids is 1. The number of carboxylic acid groups (broad SMARTS) is 1. The van der Waals surface area contributed by atoms with E-state index in [1.807, 2.05) is 18.2 Å². The summed E-state index contributed by atoms with van der Waals surface area (Å²) in [6.07, 6.45) is 12.3. The summed E-state index contributed by atoms with van der Waals surface area (Å²) in [6, 6.07) is 0. The van der Waals surface area contributed by atoms with Crippen LogP contribution in [0.2, 0.25) is 0 Å². The molecule has 66 valence electrons. The normalized spacial score (nSPS) is 12.1. The van der Waals surface area contributed by atoms with Crippen molar-refractivity contribution in [1.82, 2.24) is 0 Å². The fourth-order valence-electron chi connectivity index (χ4n) is 0.608. The highest BCUT2D eigenvalue weighted by Crippen LogP contribution is 1.88. The third-order valence-corrected chi connectivity index (χ3v) is 1.16. The SMILES string of the molecule is CCC\C=C/C=C/C=C/C(=O)O. The number of allylic oxidation sites excluding steroid dienone is 5. The predicted octanol–water partition coefficient (Wildman–Crippen LogP) is 2.54. The van der Waals surface area contributed by atoms with Crippen molar-refractivity contribution in [3.05, 3.63) is 36.5 Å². The zero-order valence-electron chi connectivity index (χ0n) is 7.23. The van der Waals surface area contributed by atoms with Crippen molar-refractivity contribution in [2.24, 2.45) is 0 Å². The van der Waals surface area contributed by atoms with Crippen LogP contribution in [0.1, 0.15) is 19.8 Å². The molecule has 0 bridgehead atoms. The zero-order valence-corrected chi connectivity index (χ0v) is 7.23. The van der Waals surface area contributed by atoms with Crippen LogP contribution in [0.5, 0.6) is 0 Å². The van der Waals surface area contributed by atoms with E-state index in [2.05, 4.69) is 6.92 Å². The lowest BCUT2D eigenvalue weighted by Crippen LogP contribution is -1.84. The van der Waals surface area contributed by atoms with Crippen LogP contribution in [0.4, 0.5) is 0 Å². The van der Waals surface area contributed by atoms with Crippen molar-refractivity contribution in [2.75, 3.05) is 0 Å². The van der Waals surface area contributed by atoms with Gasteiger partial charge in [0.05, 0.1) is 0 Å². The van der Waals surface area contributed by atoms with Crippen molar-refractivity contribution < 1.29 is 9.90 Å². The average molecular weight is 166 g/mol. The Hall–Kier alpha value is -1.31. The van der Waals surface area contributed by atoms with Gasteiger partial charge in [0, 0.05) is 6.08 Å². The second-order valence-electron chi connectivity index (χ2n) is 2.30. The molecule has 2 heteroatoms. The van der Waals surface area contributed by atoms with Gasteiger partial charge in [-0.25, -0.2) is 4.79 Å². The van der Waals surface area contributed by atoms with Crippen molar-refractivity contribution >= 4 is 5.97 Å². The van der Waals surface area contributed by atoms with Crippen molar-refractivity contribution in [3.63, 3.8) is 0 Å². The molecule has 0 unspecified atom stereocenters. The van der Waals surface area contributed by atoms with Gasteiger partial charge in [-0.2, -0.15) is 0 Å². The lowest BCUT2D eigenvalue weighted by molar-refractivity contribution is -0.131. The van der Waals surface area contributed by atoms with Crippen LogP contribution in [-0.4, -0.2) is 11.1 Å². The van der Waals surface area contributed by atoms with Gasteiger partial charge in [-0.3, -0.25) is 0 Å². The monoisotopic (exact) mass is 166 g/mol. The first kappa shape index (κ1) is 10.7. The van der Waals surface area contributed by atoms with E-state index in [0.29, 0.717) is 0 Å². The van der Waals surface area contributed by atoms with Gasteiger partial charge in [-0.1, -0.05) is 43.7 Å². The van der Waals surface area contributed by atoms with Gasteiger partial charge in [0.15, 0.2) is 0 Å². The zero-order chi connectivity index (χ0) is 9.23. The third-order valence-electron chi connectivity index (χ3n) is 1.16. The van der Waals surface area contributed by atoms with Gasteiger partial charge in [-0.15, -0.1) is 0 Å². The van der Waals surface area contributed by atoms with Crippen LogP contribution in [0.3, 0.4) is 0 Å². The van der Waals surface area contributed by atoms with Gasteiger partial charge >= 0.3 is 5.97 Å². The Bertz CT molecular complexity index is 200. The number of hydrogen-bond acceptors (Lipinski definition) is 1. The second-order valence-corrected chi connectivity index (χ2v) is 2.30. The quantitative estimate of drug-likeness (QED) is 0.503. The molecule has 0 aliphatic carbocycles. The summed E-state index contributed by atoms with van der Waals surface area (Å²) in [4.78, 5) is 10.00. The molecule has 12 heavy (non-hydrogen) atoms. The van der Waals surface area contributed by atoms with E-state index in [1.165, 1.54) is 6.08 Å². The van der Waals surface area contributed by atoms with Crippen molar-refractivity contribution in [2.45, 2.75) is 19.8 Å². The van der Waals surface area contributed by atoms with Crippen LogP contribution < -0.4 is 0 Å². The van der Waals surface area contributed by atoms with E-state index < -0.39 is 5.97 Å². The molecule has 0 aliphatic heterocycles. The highest BCUT2D eigenvalue weighted by Gasteiger charge is 1.79. The van der Waals surface area contributed by atoms with Crippen LogP contribution in [-0.2, 0) is 4.79 Å². The van der Waals surface area contributed by atoms with Crippen LogP contribution in [0, 0.1) is 0 Å². The fraction of sp³-hybridized carbons (Fsp3) is 0.300. The molecule has 0 spiro atoms. The molecule has 0 aromatic carbocycles. The summed E-state index contributed by atoms with van der Waals surface area (Å²) in [6.45, 7) is 2.11. The minimum absolute atomic E-state index is 0.919. The largest absolute Gasteiger partial charge is 0.478 e. The number of unbranched alkanes of at least 4 members (excludes halogenated alkanes) is 1. The first-order chi connectivity index (χ1) is 5.77. The highest BCUT2D eigenvalue weighted by atomic mass is 16.4. The minimum Gasteiger partial charge on any atom is -0.478 e. The molecule has 0 fully saturated rings. The van der Waals surface area contributed by atoms with E-state index >= 15 is 0 Å². The molecule has 0 amide bonds. The second kappa shape index (κ2) is 7.79. The Morgan fingerprint density at radius 2 is 1.92 bits per heavy atom. The first-order valence-electron chi connectivity index (χ1n) is 4.00. The number of carboxylic acids is 1. The lowest BCUT2D eigenvalue weighted by atomic mass is 10.3. The molecule has 0 atom stereocenters. The molecule has 0 rings (SSSR count). The Morgan fingerprint density at radius 1 is 1.25 bits per heavy atom. The molecule has 0 aliphatic rings. The van der Waals surface area contributed by atoms with Gasteiger partial charge < -0.3 is 5.11 Å². The van der Waals surface area contributed by atoms with Crippen LogP contribution in [0.25, 0.3) is 0 Å². The molecular formula is C10H14O2. The highest BCUT2D eigenvalue weighted by molar-refractivity contribution is 5.80. The molecule has 0 heterocycles. The maximum atomic E-state index is 10.00. The molecule has 0 saturated carbocycles. The summed E-state index contributed by atoms with van der Waals surface area (Å²) in [7, 11) is 0. The van der Waals surface area contributed by atoms with E-state index in [1.54, 1.807) is 6.08 Å². The van der Waals surface area contributed by atoms with E-state index in [4.69, 9.17) is 5.11 Å². The van der Waals surface area contributed by atoms with Crippen molar-refractivity contribution in [3.8, 4) is 0 Å². The maximum Gasteiger partial charge on any atom is 0.328 e. The lowest BCUT2D eigenvalue weighted by Gasteiger charge is -1.79. The van der Waals surface area contributed by atoms with Crippen LogP contribution in [0.15, 0.2) is 36.5 Å². The molecule has 0 aromatic heterocycles. The van der Waals surface area contributed by atoms with E-state index in [-0.39, 0.29) is 0 Å². The standard InChI is InChI=1S/C10H14O2/c1-2-3-4-5-6-7-8-9-10(11)12/h4-9H,2-3H2,1H3,(H,11,12)/b5-4-,7-6+,9-8+. The van der Waals surface area contributed by atoms with Gasteiger partial charge in [0.1, 0.15) is 0 Å². The minimum atomic E-state index is -0.919. The Kier molecular flexibility index (Phi) is 6.94. The van der Waals surface area contributed by atoms with Gasteiger partial charge in [0.2, 0.25) is 0 Å². The molecule has 2 nitrogen and oxygen atoms in total. The summed E-state index contributed by atoms with van der Waals surface area (Å²) >= 11 is 0. The third kappa shape index (κ3) is 8.69. The maximum absolute atomic E-state index is 10.00. The summed E-state index contributed by atoms with van der Waals surface area (Å²) in [5.74, 6) is -0.919. The first-order valence-corrected chi connectivity index (χ1v) is 4.00. The van der Waals surface area contributed by atoms with Crippen molar-refractivity contribution in [1.29, 1.82) is 0 Å². The summed E-state index contributed by atoms with van der Waals surface area (Å²) in [5.41, 5.74) is 0. The summed E-state index contributed by atoms with van der Waals surface area (Å²) < 4.78 is 0. The molecule has 0 saturated heterocycles. The van der Waals surface area contributed by atoms with E-state index in [0.717, 1.165) is 18.9 Å². The molecular weight excluding hydrogens is 152 g/mol. The molecule has 0 aromatic rings. The van der Waals surface area contributed by atoms with Crippen LogP contribution >= 0.6 is 0 Å². The topological polar surface area (TPSA) is 37.3 Å². The predicted molar refractivity (Wildman–Crippen MR) is 50.0 cm³/mol. The smallest absolute Gasteiger partial charge is 0.328 e. The average Bonchev–Trinajstić information content (AvgIpc) is 2.02.